The van der Waals surface area contributed by atoms with E-state index < -0.39 is 5.60 Å². The van der Waals surface area contributed by atoms with Crippen molar-refractivity contribution in [3.05, 3.63) is 23.3 Å². The fourth-order valence-electron chi connectivity index (χ4n) is 3.86. The van der Waals surface area contributed by atoms with Gasteiger partial charge in [0, 0.05) is 17.0 Å². The number of methoxy groups -OCH3 is 2. The molecule has 0 unspecified atom stereocenters. The Morgan fingerprint density at radius 2 is 1.72 bits per heavy atom. The molecule has 3 aliphatic carbocycles. The fraction of sp³-hybridized carbons (Fsp3) is 0.600. The maximum Gasteiger partial charge on any atom is 0.122 e. The molecular weight excluding hydrogens is 228 g/mol. The summed E-state index contributed by atoms with van der Waals surface area (Å²) < 4.78 is 11.0. The lowest BCUT2D eigenvalue weighted by Crippen LogP contribution is -2.43. The predicted molar refractivity (Wildman–Crippen MR) is 69.5 cm³/mol. The molecule has 18 heavy (non-hydrogen) atoms. The minimum absolute atomic E-state index is 0.169. The molecule has 4 rings (SSSR count). The number of rotatable bonds is 2. The minimum Gasteiger partial charge on any atom is -0.496 e. The predicted octanol–water partition coefficient (Wildman–Crippen LogP) is 2.82. The van der Waals surface area contributed by atoms with Crippen LogP contribution in [0.5, 0.6) is 11.5 Å². The van der Waals surface area contributed by atoms with Gasteiger partial charge in [-0.25, -0.2) is 0 Å². The van der Waals surface area contributed by atoms with Gasteiger partial charge in [0.25, 0.3) is 0 Å². The number of aliphatic hydroxyl groups is 1. The first-order valence-corrected chi connectivity index (χ1v) is 6.55. The van der Waals surface area contributed by atoms with Crippen molar-refractivity contribution in [1.29, 1.82) is 0 Å². The number of hydrogen-bond acceptors (Lipinski definition) is 3. The second-order valence-corrected chi connectivity index (χ2v) is 5.69. The van der Waals surface area contributed by atoms with E-state index in [1.165, 1.54) is 11.1 Å². The van der Waals surface area contributed by atoms with Gasteiger partial charge in [-0.15, -0.1) is 0 Å². The third kappa shape index (κ3) is 1.46. The maximum absolute atomic E-state index is 10.6. The van der Waals surface area contributed by atoms with Gasteiger partial charge in [0.15, 0.2) is 0 Å². The summed E-state index contributed by atoms with van der Waals surface area (Å²) in [6.07, 6.45) is 3.00. The van der Waals surface area contributed by atoms with Gasteiger partial charge in [-0.2, -0.15) is 0 Å². The van der Waals surface area contributed by atoms with E-state index in [4.69, 9.17) is 9.47 Å². The van der Waals surface area contributed by atoms with Crippen molar-refractivity contribution >= 4 is 0 Å². The summed E-state index contributed by atoms with van der Waals surface area (Å²) in [5.41, 5.74) is 1.82. The van der Waals surface area contributed by atoms with E-state index in [1.807, 2.05) is 19.1 Å². The van der Waals surface area contributed by atoms with Gasteiger partial charge in [0.05, 0.1) is 19.8 Å². The van der Waals surface area contributed by atoms with Crippen molar-refractivity contribution in [2.45, 2.75) is 43.6 Å². The van der Waals surface area contributed by atoms with E-state index in [2.05, 4.69) is 0 Å². The van der Waals surface area contributed by atoms with Gasteiger partial charge in [0.1, 0.15) is 11.5 Å². The van der Waals surface area contributed by atoms with Crippen molar-refractivity contribution in [3.8, 4) is 11.5 Å². The third-order valence-corrected chi connectivity index (χ3v) is 4.62. The lowest BCUT2D eigenvalue weighted by molar-refractivity contribution is -0.0182. The molecule has 3 aliphatic rings. The number of ether oxygens (including phenoxy) is 2. The summed E-state index contributed by atoms with van der Waals surface area (Å²) in [6, 6.07) is 3.93. The van der Waals surface area contributed by atoms with E-state index in [-0.39, 0.29) is 5.92 Å². The normalized spacial score (nSPS) is 33.1. The van der Waals surface area contributed by atoms with E-state index >= 15 is 0 Å². The van der Waals surface area contributed by atoms with Crippen molar-refractivity contribution in [2.75, 3.05) is 14.2 Å². The quantitative estimate of drug-likeness (QED) is 0.874. The molecule has 0 heterocycles. The van der Waals surface area contributed by atoms with Crippen LogP contribution in [-0.2, 0) is 0 Å². The van der Waals surface area contributed by atoms with Crippen LogP contribution in [0.1, 0.15) is 49.1 Å². The molecule has 1 aromatic carbocycles. The molecule has 0 radical (unpaired) electrons. The molecule has 1 fully saturated rings. The Hall–Kier alpha value is -1.22. The molecule has 3 atom stereocenters. The van der Waals surface area contributed by atoms with Crippen LogP contribution < -0.4 is 9.47 Å². The molecule has 1 aromatic rings. The van der Waals surface area contributed by atoms with Crippen LogP contribution in [-0.4, -0.2) is 24.9 Å². The monoisotopic (exact) mass is 248 g/mol. The Kier molecular flexibility index (Phi) is 2.56. The topological polar surface area (TPSA) is 38.7 Å². The van der Waals surface area contributed by atoms with Crippen molar-refractivity contribution < 1.29 is 14.6 Å². The van der Waals surface area contributed by atoms with Crippen LogP contribution in [0.2, 0.25) is 0 Å². The van der Waals surface area contributed by atoms with E-state index in [9.17, 15) is 5.11 Å². The Labute approximate surface area is 108 Å². The van der Waals surface area contributed by atoms with Crippen LogP contribution >= 0.6 is 0 Å². The minimum atomic E-state index is -0.616. The first-order valence-electron chi connectivity index (χ1n) is 6.55. The zero-order chi connectivity index (χ0) is 12.9. The number of benzene rings is 1. The molecule has 2 bridgehead atoms. The average Bonchev–Trinajstić information content (AvgIpc) is 2.36. The zero-order valence-corrected chi connectivity index (χ0v) is 11.2. The van der Waals surface area contributed by atoms with E-state index in [1.54, 1.807) is 14.2 Å². The van der Waals surface area contributed by atoms with Crippen LogP contribution in [0.4, 0.5) is 0 Å². The molecule has 98 valence electrons. The maximum atomic E-state index is 10.6. The van der Waals surface area contributed by atoms with Gasteiger partial charge in [0.2, 0.25) is 0 Å². The SMILES string of the molecule is COc1ccc(OC)c2c1[C@H]1CC[C@H]2[C@](C)(O)C1. The van der Waals surface area contributed by atoms with Crippen LogP contribution in [0.25, 0.3) is 0 Å². The van der Waals surface area contributed by atoms with Gasteiger partial charge in [-0.05, 0) is 44.2 Å². The van der Waals surface area contributed by atoms with E-state index in [0.717, 1.165) is 30.8 Å². The second kappa shape index (κ2) is 3.89. The molecule has 0 spiro atoms. The Morgan fingerprint density at radius 1 is 1.11 bits per heavy atom. The molecule has 0 saturated heterocycles. The third-order valence-electron chi connectivity index (χ3n) is 4.62. The zero-order valence-electron chi connectivity index (χ0n) is 11.2. The van der Waals surface area contributed by atoms with Crippen LogP contribution in [0.3, 0.4) is 0 Å². The van der Waals surface area contributed by atoms with Gasteiger partial charge in [-0.3, -0.25) is 0 Å². The lowest BCUT2D eigenvalue weighted by atomic mass is 9.59. The summed E-state index contributed by atoms with van der Waals surface area (Å²) in [7, 11) is 3.40. The molecule has 1 saturated carbocycles. The van der Waals surface area contributed by atoms with Crippen molar-refractivity contribution in [2.24, 2.45) is 0 Å². The molecule has 3 nitrogen and oxygen atoms in total. The first kappa shape index (κ1) is 11.8. The van der Waals surface area contributed by atoms with Crippen LogP contribution in [0, 0.1) is 0 Å². The van der Waals surface area contributed by atoms with Crippen LogP contribution in [0.15, 0.2) is 12.1 Å². The summed E-state index contributed by atoms with van der Waals surface area (Å²) in [5.74, 6) is 2.39. The lowest BCUT2D eigenvalue weighted by Gasteiger charge is -2.48. The Bertz CT molecular complexity index is 479. The molecule has 0 amide bonds. The molecule has 1 N–H and O–H groups in total. The van der Waals surface area contributed by atoms with Gasteiger partial charge < -0.3 is 14.6 Å². The van der Waals surface area contributed by atoms with Crippen molar-refractivity contribution in [3.63, 3.8) is 0 Å². The average molecular weight is 248 g/mol. The molecule has 0 aromatic heterocycles. The second-order valence-electron chi connectivity index (χ2n) is 5.69. The Balaban J connectivity index is 2.24. The molecular formula is C15H20O3. The summed E-state index contributed by atoms with van der Waals surface area (Å²) in [4.78, 5) is 0. The standard InChI is InChI=1S/C15H20O3/c1-15(16)8-9-4-5-10(15)14-12(18-3)7-6-11(17-2)13(9)14/h6-7,9-10,16H,4-5,8H2,1-3H3/t9-,10+,15+/m0/s1. The Morgan fingerprint density at radius 3 is 2.28 bits per heavy atom. The highest BCUT2D eigenvalue weighted by Crippen LogP contribution is 2.58. The molecule has 0 aliphatic heterocycles. The van der Waals surface area contributed by atoms with E-state index in [0.29, 0.717) is 5.92 Å². The summed E-state index contributed by atoms with van der Waals surface area (Å²) in [6.45, 7) is 1.95. The van der Waals surface area contributed by atoms with Gasteiger partial charge >= 0.3 is 0 Å². The highest BCUT2D eigenvalue weighted by Gasteiger charge is 2.48. The largest absolute Gasteiger partial charge is 0.496 e. The number of fused-ring (bicyclic) bond motifs is 2. The van der Waals surface area contributed by atoms with Gasteiger partial charge in [-0.1, -0.05) is 0 Å². The smallest absolute Gasteiger partial charge is 0.122 e. The number of hydrogen-bond donors (Lipinski definition) is 1. The summed E-state index contributed by atoms with van der Waals surface area (Å²) in [5, 5.41) is 10.6. The highest BCUT2D eigenvalue weighted by molar-refractivity contribution is 5.56. The fourth-order valence-corrected chi connectivity index (χ4v) is 3.86. The first-order chi connectivity index (χ1) is 8.58. The highest BCUT2D eigenvalue weighted by atomic mass is 16.5. The van der Waals surface area contributed by atoms with Crippen molar-refractivity contribution in [1.82, 2.24) is 0 Å². The summed E-state index contributed by atoms with van der Waals surface area (Å²) >= 11 is 0. The molecule has 3 heteroatoms.